The van der Waals surface area contributed by atoms with Crippen LogP contribution < -0.4 is 11.1 Å². The molecule has 0 bridgehead atoms. The smallest absolute Gasteiger partial charge is 0.233 e. The van der Waals surface area contributed by atoms with Crippen molar-refractivity contribution in [3.63, 3.8) is 0 Å². The van der Waals surface area contributed by atoms with Gasteiger partial charge in [-0.3, -0.25) is 14.9 Å². The normalized spacial score (nSPS) is 38.3. The Bertz CT molecular complexity index is 1400. The topological polar surface area (TPSA) is 92.4 Å². The number of phenolic OH excluding ortho intramolecular Hbond substituents is 1. The Balaban J connectivity index is 1.31. The van der Waals surface area contributed by atoms with Crippen LogP contribution in [0.3, 0.4) is 0 Å². The number of aryl methyl sites for hydroxylation is 2. The summed E-state index contributed by atoms with van der Waals surface area (Å²) >= 11 is 0. The molecular formula is C35H46N2O3. The lowest BCUT2D eigenvalue weighted by molar-refractivity contribution is -0.157. The number of hydrogen-bond acceptors (Lipinski definition) is 4. The molecular weight excluding hydrogens is 496 g/mol. The molecule has 0 radical (unpaired) electrons. The number of nitrogens with one attached hydrogen (secondary N) is 1. The van der Waals surface area contributed by atoms with Crippen molar-refractivity contribution in [3.8, 4) is 5.75 Å². The number of nitrogens with two attached hydrogens (primary N) is 1. The van der Waals surface area contributed by atoms with E-state index >= 15 is 0 Å². The largest absolute Gasteiger partial charge is 0.508 e. The van der Waals surface area contributed by atoms with Crippen LogP contribution in [0.5, 0.6) is 5.75 Å². The van der Waals surface area contributed by atoms with Crippen molar-refractivity contribution in [3.05, 3.63) is 58.7 Å². The van der Waals surface area contributed by atoms with Crippen LogP contribution in [0.2, 0.25) is 0 Å². The molecule has 2 aromatic carbocycles. The molecule has 2 aromatic rings. The van der Waals surface area contributed by atoms with E-state index < -0.39 is 10.8 Å². The maximum Gasteiger partial charge on any atom is 0.233 e. The van der Waals surface area contributed by atoms with Crippen molar-refractivity contribution in [2.45, 2.75) is 110 Å². The molecule has 2 amide bonds. The first-order chi connectivity index (χ1) is 18.8. The van der Waals surface area contributed by atoms with Crippen LogP contribution in [0.25, 0.3) is 0 Å². The van der Waals surface area contributed by atoms with Crippen LogP contribution in [0.4, 0.5) is 5.69 Å². The van der Waals surface area contributed by atoms with Gasteiger partial charge in [-0.25, -0.2) is 0 Å². The number of carbonyl (C=O) groups is 2. The van der Waals surface area contributed by atoms with Crippen molar-refractivity contribution in [2.75, 3.05) is 5.73 Å². The minimum atomic E-state index is -0.694. The molecule has 0 aliphatic heterocycles. The van der Waals surface area contributed by atoms with Crippen LogP contribution in [-0.2, 0) is 33.3 Å². The van der Waals surface area contributed by atoms with Crippen LogP contribution in [-0.4, -0.2) is 16.9 Å². The molecule has 5 heteroatoms. The Morgan fingerprint density at radius 2 is 1.52 bits per heavy atom. The first-order valence-corrected chi connectivity index (χ1v) is 15.4. The molecule has 5 nitrogen and oxygen atoms in total. The number of benzene rings is 2. The highest BCUT2D eigenvalue weighted by Gasteiger charge is 2.64. The number of hydrogen-bond donors (Lipinski definition) is 3. The zero-order chi connectivity index (χ0) is 28.7. The molecule has 6 rings (SSSR count). The summed E-state index contributed by atoms with van der Waals surface area (Å²) in [6.07, 6.45) is 9.06. The van der Waals surface area contributed by atoms with Gasteiger partial charge in [0.25, 0.3) is 0 Å². The molecule has 4 aliphatic rings. The summed E-state index contributed by atoms with van der Waals surface area (Å²) in [5.41, 5.74) is 10.0. The minimum absolute atomic E-state index is 0.105. The summed E-state index contributed by atoms with van der Waals surface area (Å²) < 4.78 is 0. The first kappa shape index (κ1) is 27.4. The number of amides is 2. The number of imide groups is 1. The molecule has 4 aliphatic carbocycles. The van der Waals surface area contributed by atoms with E-state index in [2.05, 4.69) is 52.1 Å². The molecule has 0 unspecified atom stereocenters. The molecule has 0 aromatic heterocycles. The second kappa shape index (κ2) is 8.84. The van der Waals surface area contributed by atoms with Crippen LogP contribution in [0.1, 0.15) is 108 Å². The van der Waals surface area contributed by atoms with E-state index in [1.807, 2.05) is 18.2 Å². The maximum atomic E-state index is 14.4. The van der Waals surface area contributed by atoms with Gasteiger partial charge in [0, 0.05) is 5.69 Å². The average molecular weight is 543 g/mol. The third-order valence-electron chi connectivity index (χ3n) is 13.0. The minimum Gasteiger partial charge on any atom is -0.508 e. The summed E-state index contributed by atoms with van der Waals surface area (Å²) in [6, 6.07) is 12.0. The second-order valence-corrected chi connectivity index (χ2v) is 14.7. The number of rotatable bonds is 2. The highest BCUT2D eigenvalue weighted by molar-refractivity contribution is 6.01. The number of fused-ring (bicyclic) bond motifs is 6. The molecule has 4 N–H and O–H groups in total. The van der Waals surface area contributed by atoms with Crippen molar-refractivity contribution < 1.29 is 14.7 Å². The number of nitrogen functional groups attached to an aromatic ring is 1. The van der Waals surface area contributed by atoms with Gasteiger partial charge < -0.3 is 10.8 Å². The van der Waals surface area contributed by atoms with Gasteiger partial charge in [-0.2, -0.15) is 0 Å². The van der Waals surface area contributed by atoms with Crippen molar-refractivity contribution in [1.29, 1.82) is 0 Å². The lowest BCUT2D eigenvalue weighted by atomic mass is 9.41. The fraction of sp³-hybridized carbons (Fsp3) is 0.600. The van der Waals surface area contributed by atoms with Gasteiger partial charge >= 0.3 is 0 Å². The quantitative estimate of drug-likeness (QED) is 0.290. The molecule has 6 atom stereocenters. The summed E-state index contributed by atoms with van der Waals surface area (Å²) in [7, 11) is 0. The van der Waals surface area contributed by atoms with E-state index in [9.17, 15) is 14.7 Å². The fourth-order valence-corrected chi connectivity index (χ4v) is 10.1. The molecule has 2 fully saturated rings. The Kier molecular flexibility index (Phi) is 6.04. The molecule has 0 saturated heterocycles. The molecule has 214 valence electrons. The number of carbonyl (C=O) groups excluding carboxylic acids is 2. The Labute approximate surface area is 239 Å². The van der Waals surface area contributed by atoms with Crippen LogP contribution in [0.15, 0.2) is 36.4 Å². The van der Waals surface area contributed by atoms with E-state index in [0.29, 0.717) is 0 Å². The van der Waals surface area contributed by atoms with Gasteiger partial charge in [0.05, 0.1) is 10.8 Å². The van der Waals surface area contributed by atoms with E-state index in [1.54, 1.807) is 6.07 Å². The van der Waals surface area contributed by atoms with Crippen molar-refractivity contribution in [2.24, 2.45) is 22.2 Å². The zero-order valence-electron chi connectivity index (χ0n) is 25.0. The van der Waals surface area contributed by atoms with Gasteiger partial charge in [0.15, 0.2) is 0 Å². The monoisotopic (exact) mass is 542 g/mol. The lowest BCUT2D eigenvalue weighted by Gasteiger charge is -2.62. The molecule has 0 heterocycles. The van der Waals surface area contributed by atoms with Gasteiger partial charge in [-0.15, -0.1) is 0 Å². The Hall–Kier alpha value is -2.82. The lowest BCUT2D eigenvalue weighted by Crippen LogP contribution is -2.64. The highest BCUT2D eigenvalue weighted by Crippen LogP contribution is 2.66. The van der Waals surface area contributed by atoms with Gasteiger partial charge in [-0.05, 0) is 120 Å². The summed E-state index contributed by atoms with van der Waals surface area (Å²) in [5, 5.41) is 13.4. The van der Waals surface area contributed by atoms with Crippen molar-refractivity contribution >= 4 is 17.5 Å². The predicted octanol–water partition coefficient (Wildman–Crippen LogP) is 6.73. The second-order valence-electron chi connectivity index (χ2n) is 14.7. The summed E-state index contributed by atoms with van der Waals surface area (Å²) in [6.45, 7) is 11.0. The van der Waals surface area contributed by atoms with Gasteiger partial charge in [0.2, 0.25) is 11.8 Å². The summed E-state index contributed by atoms with van der Waals surface area (Å²) in [5.74, 6) is 0.204. The zero-order valence-corrected chi connectivity index (χ0v) is 25.0. The van der Waals surface area contributed by atoms with E-state index in [1.165, 1.54) is 22.3 Å². The van der Waals surface area contributed by atoms with Gasteiger partial charge in [0.1, 0.15) is 5.75 Å². The van der Waals surface area contributed by atoms with Crippen LogP contribution in [0, 0.1) is 22.2 Å². The van der Waals surface area contributed by atoms with E-state index in [0.717, 1.165) is 69.9 Å². The Morgan fingerprint density at radius 3 is 2.30 bits per heavy atom. The highest BCUT2D eigenvalue weighted by atomic mass is 16.3. The van der Waals surface area contributed by atoms with Crippen molar-refractivity contribution in [1.82, 2.24) is 5.32 Å². The van der Waals surface area contributed by atoms with E-state index in [-0.39, 0.29) is 39.7 Å². The average Bonchev–Trinajstić information content (AvgIpc) is 2.90. The number of phenols is 1. The number of anilines is 1. The SMILES string of the molecule is C[C@@]12CCc3ccc(O)cc3[C@@]1(C)CCC[C@]2(C)C(=O)NC(=O)[C@@]1(C)CCC[C@]2(C)c3cc(N)ccc3CC[C@@H]12. The summed E-state index contributed by atoms with van der Waals surface area (Å²) in [4.78, 5) is 28.7. The third kappa shape index (κ3) is 3.51. The predicted molar refractivity (Wildman–Crippen MR) is 159 cm³/mol. The first-order valence-electron chi connectivity index (χ1n) is 15.4. The van der Waals surface area contributed by atoms with Gasteiger partial charge in [-0.1, -0.05) is 59.6 Å². The molecule has 2 saturated carbocycles. The standard InChI is InChI=1S/C35H46N2O3/c1-31-15-6-16-32(2,28(31)13-10-22-8-11-24(36)20-26(22)31)29(39)37-30(40)34(4)18-7-17-33(3)27-21-25(38)12-9-23(27)14-19-35(33,34)5/h8-9,11-12,20-21,28,38H,6-7,10,13-19,36H2,1-5H3,(H,37,39,40)/t28-,31-,32+,33-,34-,35-/m1/s1. The third-order valence-corrected chi connectivity index (χ3v) is 13.0. The van der Waals surface area contributed by atoms with E-state index in [4.69, 9.17) is 5.73 Å². The fourth-order valence-electron chi connectivity index (χ4n) is 10.1. The molecule has 40 heavy (non-hydrogen) atoms. The maximum absolute atomic E-state index is 14.4. The Morgan fingerprint density at radius 1 is 0.825 bits per heavy atom. The van der Waals surface area contributed by atoms with Crippen LogP contribution >= 0.6 is 0 Å². The molecule has 0 spiro atoms. The number of aromatic hydroxyl groups is 1.